The fraction of sp³-hybridized carbons (Fsp3) is 0.533. The number of carbonyl (C=O) groups is 1. The van der Waals surface area contributed by atoms with Gasteiger partial charge in [-0.15, -0.1) is 0 Å². The Labute approximate surface area is 141 Å². The van der Waals surface area contributed by atoms with Crippen LogP contribution in [0.3, 0.4) is 0 Å². The Morgan fingerprint density at radius 2 is 2.32 bits per heavy atom. The molecule has 3 rings (SSSR count). The van der Waals surface area contributed by atoms with Crippen LogP contribution < -0.4 is 5.32 Å². The van der Waals surface area contributed by atoms with Gasteiger partial charge in [0.2, 0.25) is 5.91 Å². The van der Waals surface area contributed by atoms with Gasteiger partial charge in [-0.05, 0) is 19.8 Å². The summed E-state index contributed by atoms with van der Waals surface area (Å²) in [6.45, 7) is 0.851. The Morgan fingerprint density at radius 1 is 1.52 bits per heavy atom. The molecule has 2 aromatic rings. The summed E-state index contributed by atoms with van der Waals surface area (Å²) in [5.74, 6) is -0.690. The average Bonchev–Trinajstić information content (AvgIpc) is 3.16. The first-order valence-corrected chi connectivity index (χ1v) is 7.86. The van der Waals surface area contributed by atoms with Crippen LogP contribution in [0.15, 0.2) is 18.5 Å². The van der Waals surface area contributed by atoms with Gasteiger partial charge in [0, 0.05) is 30.1 Å². The summed E-state index contributed by atoms with van der Waals surface area (Å²) in [6, 6.07) is 1.42. The molecule has 1 aliphatic heterocycles. The van der Waals surface area contributed by atoms with Gasteiger partial charge in [-0.2, -0.15) is 23.4 Å². The van der Waals surface area contributed by atoms with E-state index in [1.54, 1.807) is 12.4 Å². The lowest BCUT2D eigenvalue weighted by Crippen LogP contribution is -2.33. The molecule has 0 aliphatic carbocycles. The molecule has 0 bridgehead atoms. The number of aryl methyl sites for hydroxylation is 1. The topological polar surface area (TPSA) is 84.8 Å². The largest absolute Gasteiger partial charge is 0.408 e. The Balaban J connectivity index is 1.72. The normalized spacial score (nSPS) is 21.3. The molecule has 7 nitrogen and oxygen atoms in total. The second kappa shape index (κ2) is 6.87. The Morgan fingerprint density at radius 3 is 3.00 bits per heavy atom. The minimum atomic E-state index is -4.37. The van der Waals surface area contributed by atoms with Gasteiger partial charge >= 0.3 is 6.18 Å². The summed E-state index contributed by atoms with van der Waals surface area (Å²) >= 11 is 0. The number of anilines is 1. The predicted octanol–water partition coefficient (Wildman–Crippen LogP) is 2.58. The van der Waals surface area contributed by atoms with Crippen molar-refractivity contribution >= 4 is 11.7 Å². The molecular weight excluding hydrogens is 339 g/mol. The van der Waals surface area contributed by atoms with E-state index in [-0.39, 0.29) is 11.7 Å². The summed E-state index contributed by atoms with van der Waals surface area (Å²) in [5.41, 5.74) is 1.08. The number of rotatable bonds is 4. The summed E-state index contributed by atoms with van der Waals surface area (Å²) < 4.78 is 44.1. The van der Waals surface area contributed by atoms with E-state index >= 15 is 0 Å². The minimum Gasteiger partial charge on any atom is -0.373 e. The van der Waals surface area contributed by atoms with E-state index < -0.39 is 24.7 Å². The fourth-order valence-corrected chi connectivity index (χ4v) is 2.91. The van der Waals surface area contributed by atoms with Crippen LogP contribution in [0, 0.1) is 12.8 Å². The lowest BCUT2D eigenvalue weighted by atomic mass is 9.90. The molecule has 1 fully saturated rings. The number of aromatic amines is 1. The molecule has 25 heavy (non-hydrogen) atoms. The fourth-order valence-electron chi connectivity index (χ4n) is 2.91. The molecule has 136 valence electrons. The van der Waals surface area contributed by atoms with Gasteiger partial charge in [-0.3, -0.25) is 14.6 Å². The molecule has 2 atom stereocenters. The molecule has 0 unspecified atom stereocenters. The molecule has 2 N–H and O–H groups in total. The van der Waals surface area contributed by atoms with E-state index in [0.717, 1.165) is 16.7 Å². The van der Waals surface area contributed by atoms with Crippen LogP contribution in [-0.4, -0.2) is 38.7 Å². The number of aromatic nitrogens is 4. The third-order valence-electron chi connectivity index (χ3n) is 4.07. The molecule has 0 saturated carbocycles. The van der Waals surface area contributed by atoms with Crippen LogP contribution in [-0.2, 0) is 16.1 Å². The molecule has 0 aromatic carbocycles. The standard InChI is InChI=1S/C15H18F3N5O2/c1-9-5-12(22-23(9)8-15(16,17)18)21-14(24)11-3-2-4-25-13(11)10-6-19-20-7-10/h5-7,11,13H,2-4,8H2,1H3,(H,19,20)(H,21,22,24)/t11-,13+/m1/s1. The van der Waals surface area contributed by atoms with Crippen molar-refractivity contribution in [3.05, 3.63) is 29.7 Å². The number of H-pyrrole nitrogens is 1. The van der Waals surface area contributed by atoms with E-state index in [9.17, 15) is 18.0 Å². The van der Waals surface area contributed by atoms with Crippen LogP contribution in [0.1, 0.15) is 30.2 Å². The highest BCUT2D eigenvalue weighted by atomic mass is 19.4. The van der Waals surface area contributed by atoms with Crippen molar-refractivity contribution in [2.75, 3.05) is 11.9 Å². The first kappa shape index (κ1) is 17.5. The molecule has 1 amide bonds. The van der Waals surface area contributed by atoms with Gasteiger partial charge in [0.15, 0.2) is 5.82 Å². The monoisotopic (exact) mass is 357 g/mol. The first-order valence-electron chi connectivity index (χ1n) is 7.86. The maximum atomic E-state index is 12.6. The van der Waals surface area contributed by atoms with E-state index in [2.05, 4.69) is 20.6 Å². The quantitative estimate of drug-likeness (QED) is 0.881. The van der Waals surface area contributed by atoms with Crippen molar-refractivity contribution in [2.24, 2.45) is 5.92 Å². The van der Waals surface area contributed by atoms with Crippen molar-refractivity contribution < 1.29 is 22.7 Å². The molecule has 2 aromatic heterocycles. The predicted molar refractivity (Wildman–Crippen MR) is 81.7 cm³/mol. The summed E-state index contributed by atoms with van der Waals surface area (Å²) in [7, 11) is 0. The number of alkyl halides is 3. The summed E-state index contributed by atoms with van der Waals surface area (Å²) in [6.07, 6.45) is -0.206. The summed E-state index contributed by atoms with van der Waals surface area (Å²) in [4.78, 5) is 12.6. The van der Waals surface area contributed by atoms with E-state index in [4.69, 9.17) is 4.74 Å². The number of halogens is 3. The number of hydrogen-bond donors (Lipinski definition) is 2. The molecular formula is C15H18F3N5O2. The lowest BCUT2D eigenvalue weighted by molar-refractivity contribution is -0.142. The van der Waals surface area contributed by atoms with Gasteiger partial charge < -0.3 is 10.1 Å². The van der Waals surface area contributed by atoms with Gasteiger partial charge in [-0.1, -0.05) is 0 Å². The molecule has 0 spiro atoms. The molecule has 0 radical (unpaired) electrons. The smallest absolute Gasteiger partial charge is 0.373 e. The SMILES string of the molecule is Cc1cc(NC(=O)[C@@H]2CCCO[C@H]2c2cn[nH]c2)nn1CC(F)(F)F. The van der Waals surface area contributed by atoms with Crippen molar-refractivity contribution in [1.29, 1.82) is 0 Å². The van der Waals surface area contributed by atoms with E-state index in [0.29, 0.717) is 18.7 Å². The molecule has 1 saturated heterocycles. The van der Waals surface area contributed by atoms with Crippen LogP contribution in [0.25, 0.3) is 0 Å². The highest BCUT2D eigenvalue weighted by Gasteiger charge is 2.34. The first-order chi connectivity index (χ1) is 11.8. The summed E-state index contributed by atoms with van der Waals surface area (Å²) in [5, 5.41) is 13.0. The second-order valence-corrected chi connectivity index (χ2v) is 6.00. The highest BCUT2D eigenvalue weighted by molar-refractivity contribution is 5.92. The van der Waals surface area contributed by atoms with Crippen LogP contribution >= 0.6 is 0 Å². The third kappa shape index (κ3) is 4.19. The maximum absolute atomic E-state index is 12.6. The number of hydrogen-bond acceptors (Lipinski definition) is 4. The highest BCUT2D eigenvalue weighted by Crippen LogP contribution is 2.34. The number of nitrogens with one attached hydrogen (secondary N) is 2. The molecule has 1 aliphatic rings. The number of ether oxygens (including phenoxy) is 1. The van der Waals surface area contributed by atoms with Gasteiger partial charge in [-0.25, -0.2) is 0 Å². The second-order valence-electron chi connectivity index (χ2n) is 6.00. The zero-order valence-electron chi connectivity index (χ0n) is 13.5. The van der Waals surface area contributed by atoms with Crippen molar-refractivity contribution in [3.8, 4) is 0 Å². The van der Waals surface area contributed by atoms with Gasteiger partial charge in [0.05, 0.1) is 18.2 Å². The van der Waals surface area contributed by atoms with Crippen LogP contribution in [0.4, 0.5) is 19.0 Å². The maximum Gasteiger partial charge on any atom is 0.408 e. The lowest BCUT2D eigenvalue weighted by Gasteiger charge is -2.29. The Bertz CT molecular complexity index is 726. The zero-order valence-corrected chi connectivity index (χ0v) is 13.5. The zero-order chi connectivity index (χ0) is 18.0. The minimum absolute atomic E-state index is 0.100. The van der Waals surface area contributed by atoms with E-state index in [1.807, 2.05) is 0 Å². The Hall–Kier alpha value is -2.36. The molecule has 3 heterocycles. The van der Waals surface area contributed by atoms with Gasteiger partial charge in [0.25, 0.3) is 0 Å². The number of amides is 1. The Kier molecular flexibility index (Phi) is 4.80. The van der Waals surface area contributed by atoms with Crippen LogP contribution in [0.5, 0.6) is 0 Å². The number of carbonyl (C=O) groups excluding carboxylic acids is 1. The molecule has 10 heteroatoms. The van der Waals surface area contributed by atoms with E-state index in [1.165, 1.54) is 13.0 Å². The van der Waals surface area contributed by atoms with Crippen molar-refractivity contribution in [3.63, 3.8) is 0 Å². The number of nitrogens with zero attached hydrogens (tertiary/aromatic N) is 3. The third-order valence-corrected chi connectivity index (χ3v) is 4.07. The van der Waals surface area contributed by atoms with Crippen LogP contribution in [0.2, 0.25) is 0 Å². The van der Waals surface area contributed by atoms with Crippen molar-refractivity contribution in [2.45, 2.75) is 38.6 Å². The van der Waals surface area contributed by atoms with Crippen molar-refractivity contribution in [1.82, 2.24) is 20.0 Å². The average molecular weight is 357 g/mol. The van der Waals surface area contributed by atoms with Gasteiger partial charge in [0.1, 0.15) is 6.54 Å².